The predicted molar refractivity (Wildman–Crippen MR) is 59.8 cm³/mol. The number of nitrogens with zero attached hydrogens (tertiary/aromatic N) is 3. The van der Waals surface area contributed by atoms with E-state index >= 15 is 0 Å². The van der Waals surface area contributed by atoms with Gasteiger partial charge < -0.3 is 10.2 Å². The van der Waals surface area contributed by atoms with Crippen LogP contribution in [0.4, 0.5) is 5.95 Å². The minimum absolute atomic E-state index is 0.556. The van der Waals surface area contributed by atoms with Crippen molar-refractivity contribution < 1.29 is 0 Å². The molecule has 0 spiro atoms. The van der Waals surface area contributed by atoms with Gasteiger partial charge in [0.05, 0.1) is 6.04 Å². The molecule has 1 saturated heterocycles. The third-order valence-electron chi connectivity index (χ3n) is 2.23. The molecule has 0 aromatic carbocycles. The number of anilines is 1. The van der Waals surface area contributed by atoms with Crippen LogP contribution < -0.4 is 10.2 Å². The minimum atomic E-state index is 0.556. The quantitative estimate of drug-likeness (QED) is 0.805. The molecule has 1 N–H and O–H groups in total. The summed E-state index contributed by atoms with van der Waals surface area (Å²) in [6.07, 6.45) is 3.68. The molecule has 0 bridgehead atoms. The van der Waals surface area contributed by atoms with Crippen molar-refractivity contribution in [3.05, 3.63) is 16.0 Å². The molecule has 2 heterocycles. The number of likely N-dealkylation sites (N-methyl/N-ethyl adjacent to an activating group) is 1. The fourth-order valence-electron chi connectivity index (χ4n) is 1.20. The summed E-state index contributed by atoms with van der Waals surface area (Å²) in [6.45, 7) is 2.07. The average molecular weight is 290 g/mol. The monoisotopic (exact) mass is 290 g/mol. The van der Waals surface area contributed by atoms with Crippen LogP contribution in [0, 0.1) is 3.57 Å². The van der Waals surface area contributed by atoms with E-state index in [1.54, 1.807) is 0 Å². The smallest absolute Gasteiger partial charge is 0.225 e. The van der Waals surface area contributed by atoms with E-state index in [4.69, 9.17) is 0 Å². The van der Waals surface area contributed by atoms with Crippen molar-refractivity contribution in [3.63, 3.8) is 0 Å². The first kappa shape index (κ1) is 9.14. The molecule has 1 fully saturated rings. The lowest BCUT2D eigenvalue weighted by Crippen LogP contribution is -2.56. The van der Waals surface area contributed by atoms with E-state index < -0.39 is 0 Å². The van der Waals surface area contributed by atoms with Gasteiger partial charge in [0.1, 0.15) is 0 Å². The van der Waals surface area contributed by atoms with Crippen LogP contribution in [-0.2, 0) is 0 Å². The second-order valence-electron chi connectivity index (χ2n) is 3.12. The van der Waals surface area contributed by atoms with E-state index in [1.807, 2.05) is 19.4 Å². The van der Waals surface area contributed by atoms with Gasteiger partial charge in [0.25, 0.3) is 0 Å². The van der Waals surface area contributed by atoms with Crippen molar-refractivity contribution in [1.82, 2.24) is 15.3 Å². The number of nitrogens with one attached hydrogen (secondary N) is 1. The second-order valence-corrected chi connectivity index (χ2v) is 4.37. The molecule has 0 radical (unpaired) electrons. The summed E-state index contributed by atoms with van der Waals surface area (Å²) >= 11 is 2.20. The van der Waals surface area contributed by atoms with Crippen LogP contribution in [0.2, 0.25) is 0 Å². The first-order valence-electron chi connectivity index (χ1n) is 4.18. The maximum atomic E-state index is 4.26. The van der Waals surface area contributed by atoms with Gasteiger partial charge >= 0.3 is 0 Å². The van der Waals surface area contributed by atoms with Crippen molar-refractivity contribution in [2.75, 3.05) is 25.0 Å². The van der Waals surface area contributed by atoms with Gasteiger partial charge in [-0.05, 0) is 22.6 Å². The fraction of sp³-hybridized carbons (Fsp3) is 0.500. The molecule has 1 aromatic rings. The Hall–Kier alpha value is -0.430. The maximum absolute atomic E-state index is 4.26. The molecule has 13 heavy (non-hydrogen) atoms. The summed E-state index contributed by atoms with van der Waals surface area (Å²) in [5, 5.41) is 3.22. The molecule has 0 aliphatic carbocycles. The van der Waals surface area contributed by atoms with Crippen molar-refractivity contribution in [1.29, 1.82) is 0 Å². The van der Waals surface area contributed by atoms with Gasteiger partial charge in [-0.2, -0.15) is 0 Å². The molecule has 1 aromatic heterocycles. The molecule has 5 heteroatoms. The van der Waals surface area contributed by atoms with Crippen molar-refractivity contribution in [2.24, 2.45) is 0 Å². The summed E-state index contributed by atoms with van der Waals surface area (Å²) in [4.78, 5) is 10.6. The van der Waals surface area contributed by atoms with Crippen LogP contribution in [-0.4, -0.2) is 36.1 Å². The third-order valence-corrected chi connectivity index (χ3v) is 2.79. The summed E-state index contributed by atoms with van der Waals surface area (Å²) in [7, 11) is 2.04. The van der Waals surface area contributed by atoms with Gasteiger partial charge in [0.15, 0.2) is 0 Å². The molecule has 70 valence electrons. The second kappa shape index (κ2) is 3.75. The molecule has 4 nitrogen and oxygen atoms in total. The zero-order valence-corrected chi connectivity index (χ0v) is 9.52. The van der Waals surface area contributed by atoms with Crippen molar-refractivity contribution in [2.45, 2.75) is 6.04 Å². The highest BCUT2D eigenvalue weighted by Crippen LogP contribution is 2.11. The molecule has 0 amide bonds. The number of hydrogen-bond acceptors (Lipinski definition) is 4. The first-order chi connectivity index (χ1) is 6.27. The van der Waals surface area contributed by atoms with Crippen molar-refractivity contribution >= 4 is 28.5 Å². The fourth-order valence-corrected chi connectivity index (χ4v) is 1.48. The highest BCUT2D eigenvalue weighted by Gasteiger charge is 2.22. The summed E-state index contributed by atoms with van der Waals surface area (Å²) in [5.74, 6) is 0.812. The average Bonchev–Trinajstić information content (AvgIpc) is 2.02. The highest BCUT2D eigenvalue weighted by molar-refractivity contribution is 14.1. The zero-order chi connectivity index (χ0) is 9.26. The lowest BCUT2D eigenvalue weighted by Gasteiger charge is -2.35. The number of hydrogen-bond donors (Lipinski definition) is 1. The van der Waals surface area contributed by atoms with Gasteiger partial charge in [0, 0.05) is 36.1 Å². The number of aromatic nitrogens is 2. The van der Waals surface area contributed by atoms with Crippen LogP contribution >= 0.6 is 22.6 Å². The van der Waals surface area contributed by atoms with E-state index in [0.29, 0.717) is 6.04 Å². The van der Waals surface area contributed by atoms with Crippen LogP contribution in [0.5, 0.6) is 0 Å². The molecular formula is C8H11IN4. The molecule has 1 aliphatic heterocycles. The Kier molecular flexibility index (Phi) is 2.63. The lowest BCUT2D eigenvalue weighted by atomic mass is 10.1. The first-order valence-corrected chi connectivity index (χ1v) is 5.26. The van der Waals surface area contributed by atoms with Gasteiger partial charge in [-0.3, -0.25) is 0 Å². The van der Waals surface area contributed by atoms with E-state index in [9.17, 15) is 0 Å². The molecular weight excluding hydrogens is 279 g/mol. The van der Waals surface area contributed by atoms with E-state index in [0.717, 1.165) is 22.6 Å². The Morgan fingerprint density at radius 2 is 2.08 bits per heavy atom. The normalized spacial score (nSPS) is 16.8. The van der Waals surface area contributed by atoms with Gasteiger partial charge in [-0.15, -0.1) is 0 Å². The van der Waals surface area contributed by atoms with Crippen LogP contribution in [0.25, 0.3) is 0 Å². The Bertz CT molecular complexity index is 283. The van der Waals surface area contributed by atoms with Gasteiger partial charge in [-0.1, -0.05) is 0 Å². The Morgan fingerprint density at radius 1 is 1.46 bits per heavy atom. The van der Waals surface area contributed by atoms with E-state index in [2.05, 4.69) is 42.8 Å². The minimum Gasteiger partial charge on any atom is -0.338 e. The highest BCUT2D eigenvalue weighted by atomic mass is 127. The molecule has 0 unspecified atom stereocenters. The Balaban J connectivity index is 2.10. The van der Waals surface area contributed by atoms with E-state index in [1.165, 1.54) is 0 Å². The largest absolute Gasteiger partial charge is 0.338 e. The molecule has 2 rings (SSSR count). The number of rotatable bonds is 2. The summed E-state index contributed by atoms with van der Waals surface area (Å²) < 4.78 is 1.07. The predicted octanol–water partition coefficient (Wildman–Crippen LogP) is 0.489. The van der Waals surface area contributed by atoms with Gasteiger partial charge in [0.2, 0.25) is 5.95 Å². The van der Waals surface area contributed by atoms with Crippen molar-refractivity contribution in [3.8, 4) is 0 Å². The molecule has 0 saturated carbocycles. The standard InChI is InChI=1S/C8H11IN4/c1-13(7-4-10-5-7)8-11-2-6(9)3-12-8/h2-3,7,10H,4-5H2,1H3. The SMILES string of the molecule is CN(c1ncc(I)cn1)C1CNC1. The summed E-state index contributed by atoms with van der Waals surface area (Å²) in [5.41, 5.74) is 0. The maximum Gasteiger partial charge on any atom is 0.225 e. The Labute approximate surface area is 90.9 Å². The van der Waals surface area contributed by atoms with Crippen LogP contribution in [0.3, 0.4) is 0 Å². The zero-order valence-electron chi connectivity index (χ0n) is 7.37. The van der Waals surface area contributed by atoms with Crippen LogP contribution in [0.15, 0.2) is 12.4 Å². The third kappa shape index (κ3) is 1.91. The topological polar surface area (TPSA) is 41.1 Å². The van der Waals surface area contributed by atoms with E-state index in [-0.39, 0.29) is 0 Å². The molecule has 1 aliphatic rings. The Morgan fingerprint density at radius 3 is 2.54 bits per heavy atom. The van der Waals surface area contributed by atoms with Gasteiger partial charge in [-0.25, -0.2) is 9.97 Å². The summed E-state index contributed by atoms with van der Waals surface area (Å²) in [6, 6.07) is 0.556. The molecule has 0 atom stereocenters. The number of halogens is 1. The van der Waals surface area contributed by atoms with Crippen LogP contribution in [0.1, 0.15) is 0 Å². The lowest BCUT2D eigenvalue weighted by molar-refractivity contribution is 0.424.